The van der Waals surface area contributed by atoms with Gasteiger partial charge in [-0.25, -0.2) is 4.98 Å². The average Bonchev–Trinajstić information content (AvgIpc) is 3.19. The summed E-state index contributed by atoms with van der Waals surface area (Å²) in [5, 5.41) is 4.62. The van der Waals surface area contributed by atoms with Crippen molar-refractivity contribution in [3.8, 4) is 23.0 Å². The van der Waals surface area contributed by atoms with Gasteiger partial charge >= 0.3 is 0 Å². The molecule has 0 radical (unpaired) electrons. The number of rotatable bonds is 2. The van der Waals surface area contributed by atoms with Crippen molar-refractivity contribution in [3.05, 3.63) is 48.7 Å². The molecule has 0 aliphatic carbocycles. The van der Waals surface area contributed by atoms with Crippen molar-refractivity contribution in [3.63, 3.8) is 0 Å². The van der Waals surface area contributed by atoms with E-state index in [0.29, 0.717) is 12.0 Å². The summed E-state index contributed by atoms with van der Waals surface area (Å²) >= 11 is 0. The number of piperidine rings is 1. The van der Waals surface area contributed by atoms with Crippen LogP contribution in [0.1, 0.15) is 37.4 Å². The van der Waals surface area contributed by atoms with Crippen LogP contribution in [0.25, 0.3) is 22.0 Å². The molecule has 5 heteroatoms. The molecule has 29 heavy (non-hydrogen) atoms. The van der Waals surface area contributed by atoms with Gasteiger partial charge < -0.3 is 14.6 Å². The maximum atomic E-state index is 5.56. The molecule has 5 rings (SSSR count). The lowest BCUT2D eigenvalue weighted by Crippen LogP contribution is -2.26. The normalized spacial score (nSPS) is 18.5. The third-order valence-corrected chi connectivity index (χ3v) is 6.04. The monoisotopic (exact) mass is 386 g/mol. The van der Waals surface area contributed by atoms with Crippen LogP contribution in [0.3, 0.4) is 0 Å². The fourth-order valence-electron chi connectivity index (χ4n) is 4.40. The number of nitrogens with one attached hydrogen (secondary N) is 1. The van der Waals surface area contributed by atoms with E-state index in [2.05, 4.69) is 56.1 Å². The number of nitrogens with zero attached hydrogens (tertiary/aromatic N) is 3. The van der Waals surface area contributed by atoms with Crippen LogP contribution in [0.15, 0.2) is 43.0 Å². The van der Waals surface area contributed by atoms with E-state index in [1.165, 1.54) is 16.5 Å². The van der Waals surface area contributed by atoms with Crippen molar-refractivity contribution in [1.82, 2.24) is 19.9 Å². The van der Waals surface area contributed by atoms with E-state index in [4.69, 9.17) is 4.74 Å². The molecular formula is C24H26N4O. The van der Waals surface area contributed by atoms with E-state index in [1.54, 1.807) is 0 Å². The molecule has 0 spiro atoms. The highest BCUT2D eigenvalue weighted by molar-refractivity contribution is 5.95. The van der Waals surface area contributed by atoms with Gasteiger partial charge in [0.2, 0.25) is 0 Å². The maximum absolute atomic E-state index is 5.56. The Labute approximate surface area is 171 Å². The number of hydrogen-bond donors (Lipinski definition) is 1. The Hall–Kier alpha value is -2.68. The fraction of sp³-hybridized carbons (Fsp3) is 0.417. The molecule has 3 aromatic rings. The Kier molecular flexibility index (Phi) is 5.29. The van der Waals surface area contributed by atoms with Gasteiger partial charge in [0.25, 0.3) is 0 Å². The molecule has 2 fully saturated rings. The molecule has 0 amide bonds. The highest BCUT2D eigenvalue weighted by Gasteiger charge is 2.20. The Morgan fingerprint density at radius 2 is 1.93 bits per heavy atom. The van der Waals surface area contributed by atoms with Crippen molar-refractivity contribution in [2.24, 2.45) is 5.92 Å². The largest absolute Gasteiger partial charge is 0.381 e. The quantitative estimate of drug-likeness (QED) is 0.681. The van der Waals surface area contributed by atoms with Crippen LogP contribution in [-0.4, -0.2) is 40.8 Å². The lowest BCUT2D eigenvalue weighted by atomic mass is 9.98. The minimum absolute atomic E-state index is 0.463. The van der Waals surface area contributed by atoms with Crippen molar-refractivity contribution >= 4 is 10.9 Å². The summed E-state index contributed by atoms with van der Waals surface area (Å²) in [6, 6.07) is 6.78. The maximum Gasteiger partial charge on any atom is 0.113 e. The van der Waals surface area contributed by atoms with Crippen molar-refractivity contribution < 1.29 is 4.74 Å². The molecule has 0 saturated carbocycles. The third-order valence-electron chi connectivity index (χ3n) is 6.04. The number of aromatic nitrogens is 3. The second kappa shape index (κ2) is 8.36. The van der Waals surface area contributed by atoms with E-state index >= 15 is 0 Å². The van der Waals surface area contributed by atoms with Crippen LogP contribution in [0, 0.1) is 17.8 Å². The van der Waals surface area contributed by atoms with Gasteiger partial charge in [0.15, 0.2) is 0 Å². The molecular weight excluding hydrogens is 360 g/mol. The van der Waals surface area contributed by atoms with E-state index in [-0.39, 0.29) is 0 Å². The Balaban J connectivity index is 1.50. The second-order valence-electron chi connectivity index (χ2n) is 7.91. The van der Waals surface area contributed by atoms with Crippen LogP contribution in [0.4, 0.5) is 0 Å². The van der Waals surface area contributed by atoms with Gasteiger partial charge in [-0.15, -0.1) is 0 Å². The number of pyridine rings is 2. The SMILES string of the molecule is C(#CC1CCNCC1)c1cc(-c2cn(C3CCOCC3)c3cnccc23)ccn1. The van der Waals surface area contributed by atoms with E-state index < -0.39 is 0 Å². The molecule has 5 nitrogen and oxygen atoms in total. The minimum Gasteiger partial charge on any atom is -0.381 e. The van der Waals surface area contributed by atoms with Crippen molar-refractivity contribution in [2.75, 3.05) is 26.3 Å². The first-order valence-corrected chi connectivity index (χ1v) is 10.6. The van der Waals surface area contributed by atoms with Crippen LogP contribution >= 0.6 is 0 Å². The molecule has 5 heterocycles. The Morgan fingerprint density at radius 3 is 2.79 bits per heavy atom. The first-order valence-electron chi connectivity index (χ1n) is 10.6. The van der Waals surface area contributed by atoms with E-state index in [0.717, 1.165) is 63.2 Å². The van der Waals surface area contributed by atoms with E-state index in [9.17, 15) is 0 Å². The first-order chi connectivity index (χ1) is 14.4. The van der Waals surface area contributed by atoms with Gasteiger partial charge in [0, 0.05) is 54.7 Å². The summed E-state index contributed by atoms with van der Waals surface area (Å²) < 4.78 is 7.95. The zero-order chi connectivity index (χ0) is 19.5. The van der Waals surface area contributed by atoms with Gasteiger partial charge in [-0.05, 0) is 68.5 Å². The third kappa shape index (κ3) is 3.91. The summed E-state index contributed by atoms with van der Waals surface area (Å²) in [6.45, 7) is 3.77. The summed E-state index contributed by atoms with van der Waals surface area (Å²) in [7, 11) is 0. The molecule has 2 aliphatic heterocycles. The molecule has 0 atom stereocenters. The summed E-state index contributed by atoms with van der Waals surface area (Å²) in [5.41, 5.74) is 4.42. The topological polar surface area (TPSA) is 52.0 Å². The van der Waals surface area contributed by atoms with Crippen LogP contribution in [-0.2, 0) is 4.74 Å². The molecule has 3 aromatic heterocycles. The van der Waals surface area contributed by atoms with Gasteiger partial charge in [0.1, 0.15) is 5.69 Å². The van der Waals surface area contributed by atoms with Gasteiger partial charge in [-0.1, -0.05) is 5.92 Å². The smallest absolute Gasteiger partial charge is 0.113 e. The minimum atomic E-state index is 0.463. The Bertz CT molecular complexity index is 1050. The predicted octanol–water partition coefficient (Wildman–Crippen LogP) is 3.80. The molecule has 1 N–H and O–H groups in total. The summed E-state index contributed by atoms with van der Waals surface area (Å²) in [4.78, 5) is 8.88. The van der Waals surface area contributed by atoms with Crippen LogP contribution < -0.4 is 5.32 Å². The highest BCUT2D eigenvalue weighted by Crippen LogP contribution is 2.34. The molecule has 2 saturated heterocycles. The van der Waals surface area contributed by atoms with Gasteiger partial charge in [-0.3, -0.25) is 4.98 Å². The fourth-order valence-corrected chi connectivity index (χ4v) is 4.40. The van der Waals surface area contributed by atoms with Gasteiger partial charge in [0.05, 0.1) is 11.7 Å². The zero-order valence-corrected chi connectivity index (χ0v) is 16.6. The molecule has 0 unspecified atom stereocenters. The highest BCUT2D eigenvalue weighted by atomic mass is 16.5. The predicted molar refractivity (Wildman–Crippen MR) is 115 cm³/mol. The average molecular weight is 386 g/mol. The number of hydrogen-bond acceptors (Lipinski definition) is 4. The first kappa shape index (κ1) is 18.4. The lowest BCUT2D eigenvalue weighted by Gasteiger charge is -2.24. The summed E-state index contributed by atoms with van der Waals surface area (Å²) in [6.07, 6.45) is 12.3. The Morgan fingerprint density at radius 1 is 1.07 bits per heavy atom. The second-order valence-corrected chi connectivity index (χ2v) is 7.91. The summed E-state index contributed by atoms with van der Waals surface area (Å²) in [5.74, 6) is 7.22. The van der Waals surface area contributed by atoms with Crippen molar-refractivity contribution in [2.45, 2.75) is 31.7 Å². The molecule has 2 aliphatic rings. The standard InChI is InChI=1S/C24H26N4O/c1(18-3-9-25-10-4-18)2-20-15-19(5-12-27-20)23-17-28(21-7-13-29-14-8-21)24-16-26-11-6-22(23)24/h5-6,11-12,15-18,21,25H,3-4,7-10,13-14H2. The van der Waals surface area contributed by atoms with Crippen molar-refractivity contribution in [1.29, 1.82) is 0 Å². The molecule has 0 aromatic carbocycles. The number of fused-ring (bicyclic) bond motifs is 1. The lowest BCUT2D eigenvalue weighted by molar-refractivity contribution is 0.0707. The number of ether oxygens (including phenoxy) is 1. The van der Waals surface area contributed by atoms with Crippen LogP contribution in [0.5, 0.6) is 0 Å². The molecule has 148 valence electrons. The van der Waals surface area contributed by atoms with Gasteiger partial charge in [-0.2, -0.15) is 0 Å². The zero-order valence-electron chi connectivity index (χ0n) is 16.6. The molecule has 0 bridgehead atoms. The van der Waals surface area contributed by atoms with E-state index in [1.807, 2.05) is 18.6 Å². The van der Waals surface area contributed by atoms with Crippen LogP contribution in [0.2, 0.25) is 0 Å².